The highest BCUT2D eigenvalue weighted by molar-refractivity contribution is 9.10. The molecule has 0 fully saturated rings. The molecule has 4 heteroatoms. The Morgan fingerprint density at radius 3 is 2.24 bits per heavy atom. The number of hydrogen-bond donors (Lipinski definition) is 1. The third-order valence-corrected chi connectivity index (χ3v) is 4.65. The van der Waals surface area contributed by atoms with Gasteiger partial charge in [0.2, 0.25) is 0 Å². The van der Waals surface area contributed by atoms with Crippen molar-refractivity contribution in [2.24, 2.45) is 5.73 Å². The molecule has 1 aromatic rings. The fourth-order valence-electron chi connectivity index (χ4n) is 2.54. The van der Waals surface area contributed by atoms with Gasteiger partial charge in [0, 0.05) is 23.6 Å². The van der Waals surface area contributed by atoms with Crippen molar-refractivity contribution in [3.63, 3.8) is 0 Å². The average molecular weight is 356 g/mol. The van der Waals surface area contributed by atoms with Crippen LogP contribution in [-0.2, 0) is 0 Å². The molecule has 1 rings (SSSR count). The van der Waals surface area contributed by atoms with Gasteiger partial charge in [-0.1, -0.05) is 19.9 Å². The first-order valence-corrected chi connectivity index (χ1v) is 8.85. The van der Waals surface area contributed by atoms with E-state index in [2.05, 4.69) is 64.7 Å². The Morgan fingerprint density at radius 1 is 1.10 bits per heavy atom. The molecule has 2 N–H and O–H groups in total. The maximum Gasteiger partial charge on any atom is 0.0510 e. The van der Waals surface area contributed by atoms with Gasteiger partial charge in [0.1, 0.15) is 0 Å². The first-order valence-electron chi connectivity index (χ1n) is 8.05. The second-order valence-corrected chi connectivity index (χ2v) is 6.31. The van der Waals surface area contributed by atoms with Gasteiger partial charge in [-0.3, -0.25) is 0 Å². The van der Waals surface area contributed by atoms with Crippen LogP contribution in [0.25, 0.3) is 0 Å². The number of rotatable bonds is 9. The predicted octanol–water partition coefficient (Wildman–Crippen LogP) is 4.03. The quantitative estimate of drug-likeness (QED) is 0.725. The first-order chi connectivity index (χ1) is 10.0. The monoisotopic (exact) mass is 355 g/mol. The van der Waals surface area contributed by atoms with Crippen LogP contribution >= 0.6 is 15.9 Å². The lowest BCUT2D eigenvalue weighted by molar-refractivity contribution is 0.301. The van der Waals surface area contributed by atoms with E-state index < -0.39 is 0 Å². The van der Waals surface area contributed by atoms with Crippen molar-refractivity contribution in [2.75, 3.05) is 37.6 Å². The summed E-state index contributed by atoms with van der Waals surface area (Å²) < 4.78 is 1.14. The van der Waals surface area contributed by atoms with Gasteiger partial charge in [-0.25, -0.2) is 0 Å². The Labute approximate surface area is 138 Å². The fourth-order valence-corrected chi connectivity index (χ4v) is 3.18. The minimum absolute atomic E-state index is 0.0769. The van der Waals surface area contributed by atoms with Gasteiger partial charge in [-0.2, -0.15) is 0 Å². The van der Waals surface area contributed by atoms with Crippen molar-refractivity contribution in [1.29, 1.82) is 0 Å². The maximum atomic E-state index is 5.95. The molecule has 0 aliphatic rings. The summed E-state index contributed by atoms with van der Waals surface area (Å²) in [6, 6.07) is 6.54. The smallest absolute Gasteiger partial charge is 0.0510 e. The summed E-state index contributed by atoms with van der Waals surface area (Å²) in [4.78, 5) is 4.90. The zero-order chi connectivity index (χ0) is 15.8. The van der Waals surface area contributed by atoms with E-state index in [4.69, 9.17) is 5.73 Å². The molecule has 0 heterocycles. The fraction of sp³-hybridized carbons (Fsp3) is 0.647. The van der Waals surface area contributed by atoms with Gasteiger partial charge >= 0.3 is 0 Å². The van der Waals surface area contributed by atoms with Crippen LogP contribution in [0.2, 0.25) is 0 Å². The van der Waals surface area contributed by atoms with Crippen LogP contribution in [0, 0.1) is 0 Å². The molecule has 0 aliphatic heterocycles. The summed E-state index contributed by atoms with van der Waals surface area (Å²) in [5.74, 6) is 0. The highest BCUT2D eigenvalue weighted by Gasteiger charge is 2.11. The minimum Gasteiger partial charge on any atom is -0.371 e. The zero-order valence-corrected chi connectivity index (χ0v) is 15.5. The number of anilines is 1. The van der Waals surface area contributed by atoms with E-state index in [-0.39, 0.29) is 6.04 Å². The topological polar surface area (TPSA) is 32.5 Å². The van der Waals surface area contributed by atoms with Gasteiger partial charge in [-0.15, -0.1) is 0 Å². The van der Waals surface area contributed by atoms with Crippen LogP contribution in [0.1, 0.15) is 45.7 Å². The second-order valence-electron chi connectivity index (χ2n) is 5.46. The largest absolute Gasteiger partial charge is 0.371 e. The summed E-state index contributed by atoms with van der Waals surface area (Å²) in [7, 11) is 0. The van der Waals surface area contributed by atoms with E-state index in [1.165, 1.54) is 24.2 Å². The van der Waals surface area contributed by atoms with Gasteiger partial charge < -0.3 is 15.5 Å². The SMILES string of the molecule is CCN(CC)CCCN(CC)c1ccc([C@@H](C)N)cc1Br. The van der Waals surface area contributed by atoms with Gasteiger partial charge in [-0.05, 0) is 73.5 Å². The molecule has 0 saturated carbocycles. The summed E-state index contributed by atoms with van der Waals surface area (Å²) in [5.41, 5.74) is 8.38. The second kappa shape index (κ2) is 9.44. The Balaban J connectivity index is 2.67. The molecule has 0 bridgehead atoms. The molecule has 0 unspecified atom stereocenters. The Kier molecular flexibility index (Phi) is 8.30. The van der Waals surface area contributed by atoms with Crippen molar-refractivity contribution < 1.29 is 0 Å². The predicted molar refractivity (Wildman–Crippen MR) is 97.0 cm³/mol. The van der Waals surface area contributed by atoms with Crippen LogP contribution in [0.5, 0.6) is 0 Å². The van der Waals surface area contributed by atoms with Crippen LogP contribution in [0.15, 0.2) is 22.7 Å². The maximum absolute atomic E-state index is 5.95. The molecule has 0 saturated heterocycles. The third kappa shape index (κ3) is 5.61. The van der Waals surface area contributed by atoms with E-state index in [0.717, 1.165) is 30.7 Å². The van der Waals surface area contributed by atoms with E-state index in [0.29, 0.717) is 0 Å². The highest BCUT2D eigenvalue weighted by atomic mass is 79.9. The lowest BCUT2D eigenvalue weighted by atomic mass is 10.1. The van der Waals surface area contributed by atoms with E-state index in [1.54, 1.807) is 0 Å². The number of halogens is 1. The minimum atomic E-state index is 0.0769. The third-order valence-electron chi connectivity index (χ3n) is 4.02. The molecular formula is C17H30BrN3. The lowest BCUT2D eigenvalue weighted by Gasteiger charge is -2.26. The van der Waals surface area contributed by atoms with E-state index >= 15 is 0 Å². The summed E-state index contributed by atoms with van der Waals surface area (Å²) in [5, 5.41) is 0. The zero-order valence-electron chi connectivity index (χ0n) is 13.9. The number of nitrogens with two attached hydrogens (primary N) is 1. The molecule has 1 aromatic carbocycles. The number of benzene rings is 1. The standard InChI is InChI=1S/C17H30BrN3/c1-5-20(6-2)11-8-12-21(7-3)17-10-9-15(14(4)19)13-16(17)18/h9-10,13-14H,5-8,11-12,19H2,1-4H3/t14-/m1/s1. The van der Waals surface area contributed by atoms with Gasteiger partial charge in [0.15, 0.2) is 0 Å². The average Bonchev–Trinajstić information content (AvgIpc) is 2.48. The van der Waals surface area contributed by atoms with E-state index in [1.807, 2.05) is 6.92 Å². The van der Waals surface area contributed by atoms with Crippen molar-refractivity contribution in [3.8, 4) is 0 Å². The Hall–Kier alpha value is -0.580. The number of hydrogen-bond acceptors (Lipinski definition) is 3. The molecule has 0 spiro atoms. The van der Waals surface area contributed by atoms with Crippen molar-refractivity contribution in [3.05, 3.63) is 28.2 Å². The summed E-state index contributed by atoms with van der Waals surface area (Å²) in [6.45, 7) is 14.2. The molecule has 3 nitrogen and oxygen atoms in total. The van der Waals surface area contributed by atoms with Crippen LogP contribution in [-0.4, -0.2) is 37.6 Å². The number of nitrogens with zero attached hydrogens (tertiary/aromatic N) is 2. The van der Waals surface area contributed by atoms with Crippen molar-refractivity contribution in [1.82, 2.24) is 4.90 Å². The Morgan fingerprint density at radius 2 is 1.76 bits per heavy atom. The first kappa shape index (κ1) is 18.5. The van der Waals surface area contributed by atoms with Gasteiger partial charge in [0.05, 0.1) is 5.69 Å². The van der Waals surface area contributed by atoms with Crippen molar-refractivity contribution >= 4 is 21.6 Å². The molecule has 0 aliphatic carbocycles. The van der Waals surface area contributed by atoms with Crippen LogP contribution in [0.4, 0.5) is 5.69 Å². The molecule has 1 atom stereocenters. The molecule has 21 heavy (non-hydrogen) atoms. The molecule has 120 valence electrons. The molecule has 0 aromatic heterocycles. The Bertz CT molecular complexity index is 416. The van der Waals surface area contributed by atoms with Crippen LogP contribution in [0.3, 0.4) is 0 Å². The van der Waals surface area contributed by atoms with Gasteiger partial charge in [0.25, 0.3) is 0 Å². The molecule has 0 amide bonds. The van der Waals surface area contributed by atoms with Crippen LogP contribution < -0.4 is 10.6 Å². The molecular weight excluding hydrogens is 326 g/mol. The van der Waals surface area contributed by atoms with Crippen molar-refractivity contribution in [2.45, 2.75) is 40.2 Å². The highest BCUT2D eigenvalue weighted by Crippen LogP contribution is 2.29. The summed E-state index contributed by atoms with van der Waals surface area (Å²) in [6.07, 6.45) is 1.19. The normalized spacial score (nSPS) is 12.7. The molecule has 0 radical (unpaired) electrons. The van der Waals surface area contributed by atoms with E-state index in [9.17, 15) is 0 Å². The lowest BCUT2D eigenvalue weighted by Crippen LogP contribution is -2.30. The summed E-state index contributed by atoms with van der Waals surface area (Å²) >= 11 is 3.70.